The summed E-state index contributed by atoms with van der Waals surface area (Å²) < 4.78 is 5.66. The van der Waals surface area contributed by atoms with Crippen molar-refractivity contribution in [1.82, 2.24) is 4.90 Å². The lowest BCUT2D eigenvalue weighted by atomic mass is 9.84. The van der Waals surface area contributed by atoms with Gasteiger partial charge in [-0.3, -0.25) is 19.3 Å². The van der Waals surface area contributed by atoms with Crippen LogP contribution in [0.15, 0.2) is 52.0 Å². The Hall–Kier alpha value is -3.13. The van der Waals surface area contributed by atoms with Gasteiger partial charge in [0.2, 0.25) is 6.41 Å². The number of fused-ring (bicyclic) bond motifs is 5. The van der Waals surface area contributed by atoms with Crippen molar-refractivity contribution in [3.63, 3.8) is 0 Å². The molecular formula is C23H25N3O5. The first-order chi connectivity index (χ1) is 14.9. The molecule has 2 amide bonds. The van der Waals surface area contributed by atoms with E-state index in [9.17, 15) is 19.5 Å². The van der Waals surface area contributed by atoms with E-state index in [-0.39, 0.29) is 46.7 Å². The van der Waals surface area contributed by atoms with Crippen LogP contribution >= 0.6 is 0 Å². The van der Waals surface area contributed by atoms with Crippen molar-refractivity contribution in [3.05, 3.63) is 52.9 Å². The highest BCUT2D eigenvalue weighted by molar-refractivity contribution is 6.05. The molecule has 31 heavy (non-hydrogen) atoms. The first-order valence-electron chi connectivity index (χ1n) is 10.5. The maximum atomic E-state index is 13.2. The van der Waals surface area contributed by atoms with E-state index in [2.05, 4.69) is 10.2 Å². The van der Waals surface area contributed by atoms with Crippen LogP contribution in [-0.4, -0.2) is 46.4 Å². The van der Waals surface area contributed by atoms with E-state index in [1.807, 2.05) is 26.0 Å². The molecule has 162 valence electrons. The van der Waals surface area contributed by atoms with E-state index < -0.39 is 17.7 Å². The number of aliphatic hydroxyl groups excluding tert-OH is 1. The maximum absolute atomic E-state index is 13.2. The van der Waals surface area contributed by atoms with Crippen LogP contribution in [0.5, 0.6) is 0 Å². The van der Waals surface area contributed by atoms with E-state index in [1.54, 1.807) is 25.1 Å². The van der Waals surface area contributed by atoms with Crippen molar-refractivity contribution >= 4 is 23.8 Å². The summed E-state index contributed by atoms with van der Waals surface area (Å²) in [4.78, 5) is 38.9. The molecule has 1 fully saturated rings. The molecule has 1 N–H and O–H groups in total. The number of carbonyl (C=O) groups is 3. The summed E-state index contributed by atoms with van der Waals surface area (Å²) in [5, 5.41) is 18.8. The summed E-state index contributed by atoms with van der Waals surface area (Å²) in [5.41, 5.74) is 1.04. The minimum atomic E-state index is -0.483. The second kappa shape index (κ2) is 8.19. The van der Waals surface area contributed by atoms with Gasteiger partial charge in [0.1, 0.15) is 5.76 Å². The highest BCUT2D eigenvalue weighted by atomic mass is 16.5. The molecule has 0 saturated carbocycles. The van der Waals surface area contributed by atoms with Crippen LogP contribution in [0.2, 0.25) is 0 Å². The number of ether oxygens (including phenoxy) is 1. The summed E-state index contributed by atoms with van der Waals surface area (Å²) in [5.74, 6) is -1.81. The number of aliphatic hydroxyl groups is 1. The van der Waals surface area contributed by atoms with Gasteiger partial charge in [-0.2, -0.15) is 0 Å². The lowest BCUT2D eigenvalue weighted by Gasteiger charge is -2.25. The van der Waals surface area contributed by atoms with Gasteiger partial charge in [0.25, 0.3) is 5.91 Å². The first-order valence-corrected chi connectivity index (χ1v) is 10.5. The molecule has 3 aliphatic rings. The van der Waals surface area contributed by atoms with Crippen molar-refractivity contribution < 1.29 is 24.2 Å². The number of Topliss-reactive ketones (excluding diaryl/α,β-unsaturated/α-hetero) is 1. The minimum absolute atomic E-state index is 0.0934. The van der Waals surface area contributed by atoms with Gasteiger partial charge in [-0.25, -0.2) is 0 Å². The quantitative estimate of drug-likeness (QED) is 0.408. The summed E-state index contributed by atoms with van der Waals surface area (Å²) in [6.07, 6.45) is 4.82. The summed E-state index contributed by atoms with van der Waals surface area (Å²) in [7, 11) is 0. The number of rotatable bonds is 7. The molecule has 1 aliphatic carbocycles. The zero-order chi connectivity index (χ0) is 22.3. The van der Waals surface area contributed by atoms with Crippen LogP contribution < -0.4 is 0 Å². The smallest absolute Gasteiger partial charge is 0.263 e. The molecule has 0 radical (unpaired) electrons. The van der Waals surface area contributed by atoms with Crippen LogP contribution in [0.3, 0.4) is 0 Å². The van der Waals surface area contributed by atoms with Gasteiger partial charge in [-0.05, 0) is 31.4 Å². The number of ketones is 1. The van der Waals surface area contributed by atoms with Gasteiger partial charge in [0.15, 0.2) is 11.5 Å². The number of hydrogen-bond acceptors (Lipinski definition) is 7. The number of hydrogen-bond donors (Lipinski definition) is 1. The van der Waals surface area contributed by atoms with Gasteiger partial charge in [0.05, 0.1) is 35.3 Å². The SMILES string of the molecule is CCC(CC)N(C=O)C(=O)c1c(C)cccc1N=NC1=C(O)C2C3C=CC(O3)C2C1=O. The number of allylic oxidation sites excluding steroid dienone is 1. The van der Waals surface area contributed by atoms with Gasteiger partial charge in [-0.15, -0.1) is 10.2 Å². The Kier molecular flexibility index (Phi) is 5.58. The van der Waals surface area contributed by atoms with Crippen LogP contribution in [0, 0.1) is 18.8 Å². The third-order valence-electron chi connectivity index (χ3n) is 6.40. The Labute approximate surface area is 180 Å². The standard InChI is InChI=1S/C23H25N3O5/c1-4-13(5-2)26(11-27)23(30)17-12(3)7-6-8-14(17)24-25-20-21(28)18-15-9-10-16(31-15)19(18)22(20)29/h6-11,13,15-16,18-19,28H,4-5H2,1-3H3. The Morgan fingerprint density at radius 2 is 1.87 bits per heavy atom. The van der Waals surface area contributed by atoms with E-state index >= 15 is 0 Å². The predicted molar refractivity (Wildman–Crippen MR) is 112 cm³/mol. The molecule has 0 aromatic heterocycles. The van der Waals surface area contributed by atoms with E-state index in [1.165, 1.54) is 4.90 Å². The number of carbonyl (C=O) groups excluding carboxylic acids is 3. The van der Waals surface area contributed by atoms with E-state index in [0.717, 1.165) is 0 Å². The van der Waals surface area contributed by atoms with Gasteiger partial charge < -0.3 is 9.84 Å². The highest BCUT2D eigenvalue weighted by Crippen LogP contribution is 2.49. The summed E-state index contributed by atoms with van der Waals surface area (Å²) in [6.45, 7) is 5.59. The lowest BCUT2D eigenvalue weighted by molar-refractivity contribution is -0.120. The molecule has 2 heterocycles. The van der Waals surface area contributed by atoms with Crippen LogP contribution in [0.4, 0.5) is 5.69 Å². The Morgan fingerprint density at radius 1 is 1.19 bits per heavy atom. The molecule has 1 aromatic carbocycles. The fourth-order valence-electron chi connectivity index (χ4n) is 4.72. The van der Waals surface area contributed by atoms with Gasteiger partial charge in [-0.1, -0.05) is 38.1 Å². The topological polar surface area (TPSA) is 109 Å². The van der Waals surface area contributed by atoms with Gasteiger partial charge in [0, 0.05) is 6.04 Å². The zero-order valence-electron chi connectivity index (χ0n) is 17.7. The second-order valence-corrected chi connectivity index (χ2v) is 8.06. The first kappa shape index (κ1) is 21.1. The van der Waals surface area contributed by atoms with Crippen LogP contribution in [-0.2, 0) is 14.3 Å². The molecule has 8 heteroatoms. The Morgan fingerprint density at radius 3 is 2.48 bits per heavy atom. The van der Waals surface area contributed by atoms with E-state index in [0.29, 0.717) is 24.8 Å². The van der Waals surface area contributed by atoms with Crippen LogP contribution in [0.25, 0.3) is 0 Å². The largest absolute Gasteiger partial charge is 0.509 e. The van der Waals surface area contributed by atoms with Crippen molar-refractivity contribution in [2.75, 3.05) is 0 Å². The maximum Gasteiger partial charge on any atom is 0.263 e. The lowest BCUT2D eigenvalue weighted by Crippen LogP contribution is -2.39. The molecule has 2 aliphatic heterocycles. The van der Waals surface area contributed by atoms with Crippen LogP contribution in [0.1, 0.15) is 42.6 Å². The monoisotopic (exact) mass is 423 g/mol. The number of imide groups is 1. The Bertz CT molecular complexity index is 1020. The molecular weight excluding hydrogens is 398 g/mol. The van der Waals surface area contributed by atoms with Crippen molar-refractivity contribution in [2.24, 2.45) is 22.1 Å². The van der Waals surface area contributed by atoms with Gasteiger partial charge >= 0.3 is 0 Å². The highest BCUT2D eigenvalue weighted by Gasteiger charge is 2.57. The van der Waals surface area contributed by atoms with E-state index in [4.69, 9.17) is 4.74 Å². The number of nitrogens with zero attached hydrogens (tertiary/aromatic N) is 3. The predicted octanol–water partition coefficient (Wildman–Crippen LogP) is 3.79. The van der Waals surface area contributed by atoms with Crippen molar-refractivity contribution in [2.45, 2.75) is 51.9 Å². The van der Waals surface area contributed by atoms with Crippen molar-refractivity contribution in [1.29, 1.82) is 0 Å². The second-order valence-electron chi connectivity index (χ2n) is 8.06. The number of amides is 2. The summed E-state index contributed by atoms with van der Waals surface area (Å²) in [6, 6.07) is 4.86. The molecule has 2 bridgehead atoms. The number of azo groups is 1. The summed E-state index contributed by atoms with van der Waals surface area (Å²) >= 11 is 0. The zero-order valence-corrected chi connectivity index (χ0v) is 17.7. The number of benzene rings is 1. The minimum Gasteiger partial charge on any atom is -0.509 e. The third-order valence-corrected chi connectivity index (χ3v) is 6.40. The fourth-order valence-corrected chi connectivity index (χ4v) is 4.72. The fraction of sp³-hybridized carbons (Fsp3) is 0.435. The Balaban J connectivity index is 1.67. The average molecular weight is 423 g/mol. The third kappa shape index (κ3) is 3.31. The molecule has 4 atom stereocenters. The normalized spacial score (nSPS) is 26.4. The molecule has 1 saturated heterocycles. The van der Waals surface area contributed by atoms with Crippen molar-refractivity contribution in [3.8, 4) is 0 Å². The number of aryl methyl sites for hydroxylation is 1. The molecule has 8 nitrogen and oxygen atoms in total. The molecule has 4 rings (SSSR count). The average Bonchev–Trinajstić information content (AvgIpc) is 3.44. The molecule has 4 unspecified atom stereocenters. The molecule has 1 aromatic rings. The molecule has 0 spiro atoms.